The Balaban J connectivity index is 1.54. The van der Waals surface area contributed by atoms with E-state index in [1.807, 2.05) is 37.3 Å². The highest BCUT2D eigenvalue weighted by Crippen LogP contribution is 2.32. The Kier molecular flexibility index (Phi) is 8.37. The quantitative estimate of drug-likeness (QED) is 0.449. The van der Waals surface area contributed by atoms with Crippen LogP contribution in [0.3, 0.4) is 0 Å². The van der Waals surface area contributed by atoms with Gasteiger partial charge in [0.1, 0.15) is 6.04 Å². The summed E-state index contributed by atoms with van der Waals surface area (Å²) in [5, 5.41) is 0. The van der Waals surface area contributed by atoms with Gasteiger partial charge in [-0.2, -0.15) is 17.9 Å². The number of aryl methyl sites for hydroxylation is 3. The second-order valence-corrected chi connectivity index (χ2v) is 11.6. The molecule has 4 rings (SSSR count). The van der Waals surface area contributed by atoms with Crippen LogP contribution in [0.15, 0.2) is 71.6 Å². The summed E-state index contributed by atoms with van der Waals surface area (Å²) in [7, 11) is -4.03. The topological polar surface area (TPSA) is 69.7 Å². The van der Waals surface area contributed by atoms with Crippen molar-refractivity contribution in [2.75, 3.05) is 31.1 Å². The fraction of sp³-hybridized carbons (Fsp3) is 0.345. The molecule has 1 fully saturated rings. The van der Waals surface area contributed by atoms with E-state index in [4.69, 9.17) is 0 Å². The van der Waals surface area contributed by atoms with Crippen LogP contribution in [0.1, 0.15) is 27.8 Å². The summed E-state index contributed by atoms with van der Waals surface area (Å²) in [4.78, 5) is 17.2. The Hall–Kier alpha value is -3.37. The van der Waals surface area contributed by atoms with Crippen molar-refractivity contribution in [1.29, 1.82) is 0 Å². The van der Waals surface area contributed by atoms with Gasteiger partial charge in [0.05, 0.1) is 10.5 Å². The number of nitrogens with one attached hydrogen (secondary N) is 1. The third-order valence-electron chi connectivity index (χ3n) is 6.88. The zero-order valence-corrected chi connectivity index (χ0v) is 22.9. The van der Waals surface area contributed by atoms with E-state index in [2.05, 4.69) is 4.72 Å². The van der Waals surface area contributed by atoms with Crippen molar-refractivity contribution < 1.29 is 26.4 Å². The molecule has 0 bridgehead atoms. The zero-order valence-electron chi connectivity index (χ0n) is 22.1. The highest BCUT2D eigenvalue weighted by Gasteiger charge is 2.34. The number of rotatable bonds is 7. The molecule has 3 aromatic carbocycles. The van der Waals surface area contributed by atoms with E-state index < -0.39 is 27.8 Å². The maximum absolute atomic E-state index is 13.7. The number of alkyl halides is 3. The van der Waals surface area contributed by atoms with Crippen LogP contribution in [0.5, 0.6) is 0 Å². The lowest BCUT2D eigenvalue weighted by atomic mass is 10.1. The Labute approximate surface area is 227 Å². The number of nitrogens with zero attached hydrogens (tertiary/aromatic N) is 2. The molecule has 1 saturated heterocycles. The second-order valence-electron chi connectivity index (χ2n) is 9.95. The molecule has 1 N–H and O–H groups in total. The predicted molar refractivity (Wildman–Crippen MR) is 145 cm³/mol. The van der Waals surface area contributed by atoms with Gasteiger partial charge in [-0.25, -0.2) is 8.42 Å². The average molecular weight is 560 g/mol. The minimum Gasteiger partial charge on any atom is -0.368 e. The van der Waals surface area contributed by atoms with E-state index >= 15 is 0 Å². The first-order chi connectivity index (χ1) is 18.3. The van der Waals surface area contributed by atoms with Crippen LogP contribution < -0.4 is 9.62 Å². The molecule has 1 aliphatic heterocycles. The summed E-state index contributed by atoms with van der Waals surface area (Å²) in [5.74, 6) is -0.367. The van der Waals surface area contributed by atoms with Crippen LogP contribution in [0, 0.1) is 20.8 Å². The molecule has 1 heterocycles. The normalized spacial score (nSPS) is 15.3. The first-order valence-corrected chi connectivity index (χ1v) is 14.2. The minimum atomic E-state index is -4.44. The largest absolute Gasteiger partial charge is 0.416 e. The zero-order chi connectivity index (χ0) is 28.4. The lowest BCUT2D eigenvalue weighted by molar-refractivity contribution is -0.137. The average Bonchev–Trinajstić information content (AvgIpc) is 2.87. The van der Waals surface area contributed by atoms with Crippen LogP contribution in [0.2, 0.25) is 0 Å². The van der Waals surface area contributed by atoms with Gasteiger partial charge < -0.3 is 9.80 Å². The third kappa shape index (κ3) is 6.80. The first-order valence-electron chi connectivity index (χ1n) is 12.7. The number of anilines is 1. The van der Waals surface area contributed by atoms with Gasteiger partial charge in [-0.1, -0.05) is 54.1 Å². The maximum Gasteiger partial charge on any atom is 0.416 e. The van der Waals surface area contributed by atoms with E-state index in [1.54, 1.807) is 41.8 Å². The summed E-state index contributed by atoms with van der Waals surface area (Å²) in [6, 6.07) is 16.8. The highest BCUT2D eigenvalue weighted by molar-refractivity contribution is 7.89. The van der Waals surface area contributed by atoms with Gasteiger partial charge in [0, 0.05) is 31.9 Å². The Morgan fingerprint density at radius 3 is 2.10 bits per heavy atom. The first kappa shape index (κ1) is 28.6. The second kappa shape index (κ2) is 11.4. The van der Waals surface area contributed by atoms with Crippen molar-refractivity contribution in [2.24, 2.45) is 0 Å². The molecule has 39 heavy (non-hydrogen) atoms. The van der Waals surface area contributed by atoms with Crippen molar-refractivity contribution >= 4 is 21.6 Å². The molecule has 0 spiro atoms. The van der Waals surface area contributed by atoms with Crippen LogP contribution >= 0.6 is 0 Å². The number of amides is 1. The molecule has 0 aliphatic carbocycles. The van der Waals surface area contributed by atoms with Crippen molar-refractivity contribution in [3.8, 4) is 0 Å². The Bertz CT molecular complexity index is 1410. The summed E-state index contributed by atoms with van der Waals surface area (Å²) in [6.45, 7) is 6.52. The summed E-state index contributed by atoms with van der Waals surface area (Å²) < 4.78 is 69.3. The molecular weight excluding hydrogens is 527 g/mol. The SMILES string of the molecule is Cc1cc(C)c(S(=O)(=O)N[C@@H](Cc2ccccc2)C(=O)N2CCN(c3cccc(C(F)(F)F)c3)CC2)c(C)c1. The predicted octanol–water partition coefficient (Wildman–Crippen LogP) is 4.87. The summed E-state index contributed by atoms with van der Waals surface area (Å²) >= 11 is 0. The summed E-state index contributed by atoms with van der Waals surface area (Å²) in [6.07, 6.45) is -4.28. The molecule has 0 saturated carbocycles. The number of hydrogen-bond acceptors (Lipinski definition) is 4. The monoisotopic (exact) mass is 559 g/mol. The number of piperazine rings is 1. The molecule has 1 amide bonds. The van der Waals surface area contributed by atoms with Gasteiger partial charge >= 0.3 is 6.18 Å². The lowest BCUT2D eigenvalue weighted by Gasteiger charge is -2.38. The maximum atomic E-state index is 13.7. The van der Waals surface area contributed by atoms with E-state index in [1.165, 1.54) is 6.07 Å². The number of sulfonamides is 1. The molecule has 0 aromatic heterocycles. The Morgan fingerprint density at radius 2 is 1.51 bits per heavy atom. The van der Waals surface area contributed by atoms with Gasteiger partial charge in [-0.15, -0.1) is 0 Å². The fourth-order valence-corrected chi connectivity index (χ4v) is 6.79. The lowest BCUT2D eigenvalue weighted by Crippen LogP contribution is -2.55. The number of carbonyl (C=O) groups excluding carboxylic acids is 1. The highest BCUT2D eigenvalue weighted by atomic mass is 32.2. The van der Waals surface area contributed by atoms with Crippen LogP contribution in [0.4, 0.5) is 18.9 Å². The number of halogens is 3. The molecule has 1 aliphatic rings. The molecule has 1 atom stereocenters. The van der Waals surface area contributed by atoms with E-state index in [0.29, 0.717) is 29.9 Å². The molecule has 0 radical (unpaired) electrons. The standard InChI is InChI=1S/C29H32F3N3O3S/c1-20-16-21(2)27(22(3)17-20)39(37,38)33-26(18-23-8-5-4-6-9-23)28(36)35-14-12-34(13-15-35)25-11-7-10-24(19-25)29(30,31)32/h4-11,16-17,19,26,33H,12-15,18H2,1-3H3/t26-/m0/s1. The smallest absolute Gasteiger partial charge is 0.368 e. The van der Waals surface area contributed by atoms with Crippen LogP contribution in [-0.4, -0.2) is 51.4 Å². The fourth-order valence-electron chi connectivity index (χ4n) is 5.15. The van der Waals surface area contributed by atoms with E-state index in [0.717, 1.165) is 23.3 Å². The van der Waals surface area contributed by atoms with Crippen molar-refractivity contribution in [2.45, 2.75) is 44.3 Å². The van der Waals surface area contributed by atoms with Gasteiger partial charge in [0.15, 0.2) is 0 Å². The van der Waals surface area contributed by atoms with Gasteiger partial charge in [0.2, 0.25) is 15.9 Å². The van der Waals surface area contributed by atoms with Crippen molar-refractivity contribution in [3.05, 3.63) is 94.5 Å². The minimum absolute atomic E-state index is 0.160. The molecule has 10 heteroatoms. The van der Waals surface area contributed by atoms with Gasteiger partial charge in [0.25, 0.3) is 0 Å². The summed E-state index contributed by atoms with van der Waals surface area (Å²) in [5.41, 5.74) is 2.65. The van der Waals surface area contributed by atoms with Crippen LogP contribution in [-0.2, 0) is 27.4 Å². The molecular formula is C29H32F3N3O3S. The van der Waals surface area contributed by atoms with E-state index in [-0.39, 0.29) is 30.3 Å². The van der Waals surface area contributed by atoms with Gasteiger partial charge in [-0.3, -0.25) is 4.79 Å². The van der Waals surface area contributed by atoms with Crippen molar-refractivity contribution in [1.82, 2.24) is 9.62 Å². The van der Waals surface area contributed by atoms with E-state index in [9.17, 15) is 26.4 Å². The molecule has 0 unspecified atom stereocenters. The molecule has 6 nitrogen and oxygen atoms in total. The number of carbonyl (C=O) groups is 1. The van der Waals surface area contributed by atoms with Crippen LogP contribution in [0.25, 0.3) is 0 Å². The van der Waals surface area contributed by atoms with Gasteiger partial charge in [-0.05, 0) is 62.1 Å². The molecule has 208 valence electrons. The third-order valence-corrected chi connectivity index (χ3v) is 8.66. The molecule has 3 aromatic rings. The number of benzene rings is 3. The number of hydrogen-bond donors (Lipinski definition) is 1. The Morgan fingerprint density at radius 1 is 0.897 bits per heavy atom. The van der Waals surface area contributed by atoms with Crippen molar-refractivity contribution in [3.63, 3.8) is 0 Å².